The van der Waals surface area contributed by atoms with Crippen molar-refractivity contribution in [3.8, 4) is 11.1 Å². The number of likely N-dealkylation sites (tertiary alicyclic amines) is 1. The normalized spacial score (nSPS) is 25.6. The number of hydrogen-bond donors (Lipinski definition) is 1. The molecule has 2 aliphatic rings. The molecule has 2 N–H and O–H groups in total. The monoisotopic (exact) mass is 348 g/mol. The van der Waals surface area contributed by atoms with Crippen molar-refractivity contribution in [3.05, 3.63) is 59.7 Å². The highest BCUT2D eigenvalue weighted by Crippen LogP contribution is 2.51. The summed E-state index contributed by atoms with van der Waals surface area (Å²) in [6.45, 7) is 3.82. The third-order valence-electron chi connectivity index (χ3n) is 5.89. The van der Waals surface area contributed by atoms with Crippen molar-refractivity contribution in [1.29, 1.82) is 0 Å². The van der Waals surface area contributed by atoms with Crippen LogP contribution in [0.1, 0.15) is 42.7 Å². The van der Waals surface area contributed by atoms with Gasteiger partial charge in [0.2, 0.25) is 5.91 Å². The number of hydrogen-bond acceptors (Lipinski definition) is 2. The second-order valence-corrected chi connectivity index (χ2v) is 7.92. The number of aryl methyl sites for hydroxylation is 1. The predicted octanol–water partition coefficient (Wildman–Crippen LogP) is 4.11. The van der Waals surface area contributed by atoms with Crippen LogP contribution in [0.25, 0.3) is 11.1 Å². The highest BCUT2D eigenvalue weighted by molar-refractivity contribution is 5.84. The Labute approximate surface area is 156 Å². The van der Waals surface area contributed by atoms with Crippen molar-refractivity contribution in [1.82, 2.24) is 4.90 Å². The highest BCUT2D eigenvalue weighted by atomic mass is 16.2. The first-order chi connectivity index (χ1) is 12.6. The molecule has 1 amide bonds. The zero-order valence-electron chi connectivity index (χ0n) is 15.5. The number of amides is 1. The summed E-state index contributed by atoms with van der Waals surface area (Å²) in [5, 5.41) is 0. The number of carbonyl (C=O) groups excluding carboxylic acids is 1. The Morgan fingerprint density at radius 1 is 1.08 bits per heavy atom. The zero-order chi connectivity index (χ0) is 18.1. The Kier molecular flexibility index (Phi) is 4.82. The molecule has 136 valence electrons. The second kappa shape index (κ2) is 7.24. The van der Waals surface area contributed by atoms with Gasteiger partial charge in [-0.05, 0) is 55.2 Å². The third kappa shape index (κ3) is 3.54. The fourth-order valence-corrected chi connectivity index (χ4v) is 4.25. The molecule has 1 saturated carbocycles. The van der Waals surface area contributed by atoms with Crippen LogP contribution >= 0.6 is 0 Å². The van der Waals surface area contributed by atoms with Gasteiger partial charge in [-0.25, -0.2) is 0 Å². The topological polar surface area (TPSA) is 46.3 Å². The lowest BCUT2D eigenvalue weighted by Gasteiger charge is -2.21. The van der Waals surface area contributed by atoms with Crippen LogP contribution in [0, 0.1) is 12.8 Å². The molecule has 1 saturated heterocycles. The van der Waals surface area contributed by atoms with E-state index in [1.807, 2.05) is 6.07 Å². The van der Waals surface area contributed by atoms with Crippen molar-refractivity contribution >= 4 is 5.91 Å². The molecule has 3 heteroatoms. The van der Waals surface area contributed by atoms with Gasteiger partial charge in [0, 0.05) is 25.0 Å². The molecule has 0 aromatic heterocycles. The van der Waals surface area contributed by atoms with Crippen LogP contribution < -0.4 is 5.73 Å². The van der Waals surface area contributed by atoms with E-state index >= 15 is 0 Å². The number of nitrogens with zero attached hydrogens (tertiary/aromatic N) is 1. The lowest BCUT2D eigenvalue weighted by Crippen LogP contribution is -2.34. The first kappa shape index (κ1) is 17.3. The quantitative estimate of drug-likeness (QED) is 0.907. The molecule has 0 spiro atoms. The van der Waals surface area contributed by atoms with E-state index in [-0.39, 0.29) is 12.0 Å². The molecule has 1 heterocycles. The summed E-state index contributed by atoms with van der Waals surface area (Å²) >= 11 is 0. The van der Waals surface area contributed by atoms with E-state index in [0.29, 0.717) is 11.8 Å². The molecule has 26 heavy (non-hydrogen) atoms. The number of carbonyl (C=O) groups is 1. The minimum atomic E-state index is 0.148. The summed E-state index contributed by atoms with van der Waals surface area (Å²) in [7, 11) is 0. The van der Waals surface area contributed by atoms with Gasteiger partial charge in [-0.2, -0.15) is 0 Å². The van der Waals surface area contributed by atoms with Crippen LogP contribution in [0.5, 0.6) is 0 Å². The standard InChI is InChI=1S/C23H28N2O/c1-16-9-10-19(20(14-16)17-6-3-2-4-7-17)21-15-22(21)23(26)25-12-5-8-18(24)11-13-25/h2-4,6-7,9-10,14,18,21-22H,5,8,11-13,15,24H2,1H3. The van der Waals surface area contributed by atoms with Crippen LogP contribution in [0.2, 0.25) is 0 Å². The largest absolute Gasteiger partial charge is 0.342 e. The summed E-state index contributed by atoms with van der Waals surface area (Å²) in [5.74, 6) is 0.841. The fourth-order valence-electron chi connectivity index (χ4n) is 4.25. The Hall–Kier alpha value is -2.13. The summed E-state index contributed by atoms with van der Waals surface area (Å²) < 4.78 is 0. The summed E-state index contributed by atoms with van der Waals surface area (Å²) in [6.07, 6.45) is 3.98. The zero-order valence-corrected chi connectivity index (χ0v) is 15.5. The van der Waals surface area contributed by atoms with Crippen LogP contribution in [-0.4, -0.2) is 29.9 Å². The van der Waals surface area contributed by atoms with Gasteiger partial charge in [-0.1, -0.05) is 54.1 Å². The van der Waals surface area contributed by atoms with Gasteiger partial charge in [0.1, 0.15) is 0 Å². The van der Waals surface area contributed by atoms with Crippen LogP contribution in [0.15, 0.2) is 48.5 Å². The third-order valence-corrected chi connectivity index (χ3v) is 5.89. The lowest BCUT2D eigenvalue weighted by atomic mass is 9.94. The molecule has 4 rings (SSSR count). The van der Waals surface area contributed by atoms with Gasteiger partial charge >= 0.3 is 0 Å². The fraction of sp³-hybridized carbons (Fsp3) is 0.435. The lowest BCUT2D eigenvalue weighted by molar-refractivity contribution is -0.132. The molecule has 2 aromatic carbocycles. The maximum absolute atomic E-state index is 13.0. The number of benzene rings is 2. The summed E-state index contributed by atoms with van der Waals surface area (Å²) in [4.78, 5) is 15.1. The molecule has 2 aromatic rings. The van der Waals surface area contributed by atoms with E-state index in [9.17, 15) is 4.79 Å². The van der Waals surface area contributed by atoms with Crippen molar-refractivity contribution in [2.45, 2.75) is 44.6 Å². The smallest absolute Gasteiger partial charge is 0.226 e. The summed E-state index contributed by atoms with van der Waals surface area (Å²) in [6, 6.07) is 17.4. The van der Waals surface area contributed by atoms with Gasteiger partial charge in [0.15, 0.2) is 0 Å². The SMILES string of the molecule is Cc1ccc(C2CC2C(=O)N2CCCC(N)CC2)c(-c2ccccc2)c1. The van der Waals surface area contributed by atoms with E-state index in [1.165, 1.54) is 22.3 Å². The van der Waals surface area contributed by atoms with E-state index < -0.39 is 0 Å². The molecule has 2 fully saturated rings. The molecule has 3 nitrogen and oxygen atoms in total. The van der Waals surface area contributed by atoms with Crippen LogP contribution in [0.3, 0.4) is 0 Å². The maximum Gasteiger partial charge on any atom is 0.226 e. The van der Waals surface area contributed by atoms with Crippen LogP contribution in [-0.2, 0) is 4.79 Å². The highest BCUT2D eigenvalue weighted by Gasteiger charge is 2.46. The van der Waals surface area contributed by atoms with E-state index in [1.54, 1.807) is 0 Å². The first-order valence-electron chi connectivity index (χ1n) is 9.84. The average Bonchev–Trinajstić information content (AvgIpc) is 3.47. The average molecular weight is 348 g/mol. The van der Waals surface area contributed by atoms with Gasteiger partial charge in [-0.15, -0.1) is 0 Å². The molecule has 1 aliphatic heterocycles. The molecule has 0 radical (unpaired) electrons. The number of rotatable bonds is 3. The van der Waals surface area contributed by atoms with E-state index in [2.05, 4.69) is 54.3 Å². The molecular weight excluding hydrogens is 320 g/mol. The second-order valence-electron chi connectivity index (χ2n) is 7.92. The van der Waals surface area contributed by atoms with Gasteiger partial charge in [0.25, 0.3) is 0 Å². The number of nitrogens with two attached hydrogens (primary N) is 1. The molecule has 1 aliphatic carbocycles. The molecule has 3 unspecified atom stereocenters. The Balaban J connectivity index is 1.54. The van der Waals surface area contributed by atoms with Crippen molar-refractivity contribution in [2.24, 2.45) is 11.7 Å². The Bertz CT molecular complexity index is 786. The summed E-state index contributed by atoms with van der Waals surface area (Å²) in [5.41, 5.74) is 11.2. The minimum Gasteiger partial charge on any atom is -0.342 e. The first-order valence-corrected chi connectivity index (χ1v) is 9.84. The molecule has 3 atom stereocenters. The Morgan fingerprint density at radius 3 is 2.69 bits per heavy atom. The van der Waals surface area contributed by atoms with Crippen molar-refractivity contribution in [3.63, 3.8) is 0 Å². The van der Waals surface area contributed by atoms with Gasteiger partial charge in [-0.3, -0.25) is 4.79 Å². The van der Waals surface area contributed by atoms with Crippen LogP contribution in [0.4, 0.5) is 0 Å². The van der Waals surface area contributed by atoms with Gasteiger partial charge in [0.05, 0.1) is 0 Å². The molecule has 0 bridgehead atoms. The van der Waals surface area contributed by atoms with E-state index in [0.717, 1.165) is 38.8 Å². The van der Waals surface area contributed by atoms with Crippen molar-refractivity contribution in [2.75, 3.05) is 13.1 Å². The molecular formula is C23H28N2O. The predicted molar refractivity (Wildman–Crippen MR) is 106 cm³/mol. The van der Waals surface area contributed by atoms with Crippen molar-refractivity contribution < 1.29 is 4.79 Å². The maximum atomic E-state index is 13.0. The van der Waals surface area contributed by atoms with E-state index in [4.69, 9.17) is 5.73 Å². The Morgan fingerprint density at radius 2 is 1.88 bits per heavy atom. The van der Waals surface area contributed by atoms with Gasteiger partial charge < -0.3 is 10.6 Å². The minimum absolute atomic E-state index is 0.148.